The Morgan fingerprint density at radius 1 is 1.26 bits per heavy atom. The van der Waals surface area contributed by atoms with Crippen LogP contribution in [-0.4, -0.2) is 44.3 Å². The standard InChI is InChI=1S/C12H15F2NO4/c1-18-9-3-8(4-10(5-9)19-2)11(17)15-6-12(13,14)7-16/h3-5,16H,6-7H2,1-2H3,(H,15,17). The fourth-order valence-electron chi connectivity index (χ4n) is 1.31. The van der Waals surface area contributed by atoms with Crippen molar-refractivity contribution in [2.24, 2.45) is 0 Å². The quantitative estimate of drug-likeness (QED) is 0.814. The van der Waals surface area contributed by atoms with E-state index in [0.717, 1.165) is 0 Å². The number of amides is 1. The maximum Gasteiger partial charge on any atom is 0.287 e. The first-order valence-electron chi connectivity index (χ1n) is 5.42. The molecule has 0 spiro atoms. The number of methoxy groups -OCH3 is 2. The topological polar surface area (TPSA) is 67.8 Å². The largest absolute Gasteiger partial charge is 0.497 e. The normalized spacial score (nSPS) is 11.0. The highest BCUT2D eigenvalue weighted by Crippen LogP contribution is 2.22. The minimum atomic E-state index is -3.35. The Kier molecular flexibility index (Phi) is 5.05. The van der Waals surface area contributed by atoms with Crippen LogP contribution in [0.5, 0.6) is 11.5 Å². The van der Waals surface area contributed by atoms with E-state index < -0.39 is 25.0 Å². The van der Waals surface area contributed by atoms with Crippen molar-refractivity contribution in [3.8, 4) is 11.5 Å². The summed E-state index contributed by atoms with van der Waals surface area (Å²) in [4.78, 5) is 11.7. The number of aliphatic hydroxyl groups excluding tert-OH is 1. The molecule has 0 aliphatic heterocycles. The lowest BCUT2D eigenvalue weighted by atomic mass is 10.2. The molecule has 0 radical (unpaired) electrons. The summed E-state index contributed by atoms with van der Waals surface area (Å²) in [6.07, 6.45) is 0. The second-order valence-corrected chi connectivity index (χ2v) is 3.80. The minimum absolute atomic E-state index is 0.130. The average Bonchev–Trinajstić information content (AvgIpc) is 2.44. The van der Waals surface area contributed by atoms with E-state index in [1.165, 1.54) is 26.4 Å². The molecule has 0 unspecified atom stereocenters. The minimum Gasteiger partial charge on any atom is -0.497 e. The SMILES string of the molecule is COc1cc(OC)cc(C(=O)NCC(F)(F)CO)c1. The molecule has 0 atom stereocenters. The number of alkyl halides is 2. The van der Waals surface area contributed by atoms with Crippen molar-refractivity contribution in [3.05, 3.63) is 23.8 Å². The van der Waals surface area contributed by atoms with Gasteiger partial charge in [-0.1, -0.05) is 0 Å². The maximum atomic E-state index is 12.8. The van der Waals surface area contributed by atoms with E-state index in [4.69, 9.17) is 14.6 Å². The van der Waals surface area contributed by atoms with Crippen molar-refractivity contribution >= 4 is 5.91 Å². The molecule has 1 aromatic rings. The lowest BCUT2D eigenvalue weighted by molar-refractivity contribution is -0.0462. The van der Waals surface area contributed by atoms with E-state index in [0.29, 0.717) is 11.5 Å². The molecular weight excluding hydrogens is 260 g/mol. The van der Waals surface area contributed by atoms with Gasteiger partial charge in [-0.2, -0.15) is 0 Å². The van der Waals surface area contributed by atoms with Gasteiger partial charge in [-0.3, -0.25) is 4.79 Å². The monoisotopic (exact) mass is 275 g/mol. The summed E-state index contributed by atoms with van der Waals surface area (Å²) < 4.78 is 35.5. The van der Waals surface area contributed by atoms with Crippen molar-refractivity contribution in [2.45, 2.75) is 5.92 Å². The smallest absolute Gasteiger partial charge is 0.287 e. The Morgan fingerprint density at radius 3 is 2.21 bits per heavy atom. The molecule has 0 aromatic heterocycles. The predicted molar refractivity (Wildman–Crippen MR) is 63.9 cm³/mol. The summed E-state index contributed by atoms with van der Waals surface area (Å²) in [6, 6.07) is 4.35. The predicted octanol–water partition coefficient (Wildman–Crippen LogP) is 1.06. The molecule has 0 aliphatic carbocycles. The van der Waals surface area contributed by atoms with Crippen molar-refractivity contribution < 1.29 is 28.2 Å². The van der Waals surface area contributed by atoms with Gasteiger partial charge in [0.1, 0.15) is 18.1 Å². The number of nitrogens with one attached hydrogen (secondary N) is 1. The molecule has 5 nitrogen and oxygen atoms in total. The van der Waals surface area contributed by atoms with E-state index >= 15 is 0 Å². The molecule has 0 fully saturated rings. The summed E-state index contributed by atoms with van der Waals surface area (Å²) in [6.45, 7) is -2.27. The van der Waals surface area contributed by atoms with E-state index in [9.17, 15) is 13.6 Å². The van der Waals surface area contributed by atoms with Crippen LogP contribution in [0, 0.1) is 0 Å². The number of rotatable bonds is 6. The maximum absolute atomic E-state index is 12.8. The Morgan fingerprint density at radius 2 is 1.79 bits per heavy atom. The second-order valence-electron chi connectivity index (χ2n) is 3.80. The number of carbonyl (C=O) groups is 1. The van der Waals surface area contributed by atoms with Gasteiger partial charge in [0.15, 0.2) is 0 Å². The molecule has 19 heavy (non-hydrogen) atoms. The summed E-state index contributed by atoms with van der Waals surface area (Å²) in [5.74, 6) is -3.30. The zero-order chi connectivity index (χ0) is 14.5. The van der Waals surface area contributed by atoms with Crippen molar-refractivity contribution in [1.29, 1.82) is 0 Å². The van der Waals surface area contributed by atoms with Crippen LogP contribution < -0.4 is 14.8 Å². The van der Waals surface area contributed by atoms with Gasteiger partial charge >= 0.3 is 0 Å². The molecule has 0 saturated heterocycles. The third kappa shape index (κ3) is 4.36. The Bertz CT molecular complexity index is 429. The van der Waals surface area contributed by atoms with Gasteiger partial charge in [-0.15, -0.1) is 0 Å². The highest BCUT2D eigenvalue weighted by Gasteiger charge is 2.28. The fraction of sp³-hybridized carbons (Fsp3) is 0.417. The third-order valence-corrected chi connectivity index (χ3v) is 2.35. The van der Waals surface area contributed by atoms with Gasteiger partial charge in [0.05, 0.1) is 20.8 Å². The van der Waals surface area contributed by atoms with Crippen LogP contribution >= 0.6 is 0 Å². The fourth-order valence-corrected chi connectivity index (χ4v) is 1.31. The Labute approximate surface area is 109 Å². The lowest BCUT2D eigenvalue weighted by Gasteiger charge is -2.14. The molecule has 7 heteroatoms. The van der Waals surface area contributed by atoms with Crippen LogP contribution in [0.15, 0.2) is 18.2 Å². The summed E-state index contributed by atoms with van der Waals surface area (Å²) >= 11 is 0. The Balaban J connectivity index is 2.81. The Hall–Kier alpha value is -1.89. The van der Waals surface area contributed by atoms with Crippen molar-refractivity contribution in [1.82, 2.24) is 5.32 Å². The summed E-state index contributed by atoms with van der Waals surface area (Å²) in [7, 11) is 2.83. The van der Waals surface area contributed by atoms with E-state index in [-0.39, 0.29) is 5.56 Å². The number of carbonyl (C=O) groups excluding carboxylic acids is 1. The van der Waals surface area contributed by atoms with Crippen LogP contribution in [0.2, 0.25) is 0 Å². The van der Waals surface area contributed by atoms with Crippen LogP contribution in [0.4, 0.5) is 8.78 Å². The van der Waals surface area contributed by atoms with Crippen LogP contribution in [0.3, 0.4) is 0 Å². The van der Waals surface area contributed by atoms with Crippen LogP contribution in [0.1, 0.15) is 10.4 Å². The summed E-state index contributed by atoms with van der Waals surface area (Å²) in [5, 5.41) is 10.4. The van der Waals surface area contributed by atoms with Crippen LogP contribution in [-0.2, 0) is 0 Å². The van der Waals surface area contributed by atoms with Crippen LogP contribution in [0.25, 0.3) is 0 Å². The highest BCUT2D eigenvalue weighted by molar-refractivity contribution is 5.95. The molecule has 1 rings (SSSR count). The van der Waals surface area contributed by atoms with E-state index in [1.54, 1.807) is 6.07 Å². The van der Waals surface area contributed by atoms with Gasteiger partial charge in [-0.05, 0) is 12.1 Å². The lowest BCUT2D eigenvalue weighted by Crippen LogP contribution is -2.38. The first kappa shape index (κ1) is 15.2. The number of hydrogen-bond acceptors (Lipinski definition) is 4. The van der Waals surface area contributed by atoms with Gasteiger partial charge in [-0.25, -0.2) is 8.78 Å². The molecular formula is C12H15F2NO4. The first-order valence-corrected chi connectivity index (χ1v) is 5.42. The molecule has 1 aromatic carbocycles. The van der Waals surface area contributed by atoms with Crippen molar-refractivity contribution in [2.75, 3.05) is 27.4 Å². The van der Waals surface area contributed by atoms with Gasteiger partial charge in [0.25, 0.3) is 11.8 Å². The zero-order valence-corrected chi connectivity index (χ0v) is 10.6. The number of benzene rings is 1. The summed E-state index contributed by atoms with van der Waals surface area (Å²) in [5.41, 5.74) is 0.130. The zero-order valence-electron chi connectivity index (χ0n) is 10.6. The molecule has 1 amide bonds. The third-order valence-electron chi connectivity index (χ3n) is 2.35. The molecule has 2 N–H and O–H groups in total. The first-order chi connectivity index (χ1) is 8.91. The molecule has 0 heterocycles. The molecule has 0 aliphatic rings. The average molecular weight is 275 g/mol. The number of halogens is 2. The second kappa shape index (κ2) is 6.33. The number of aliphatic hydroxyl groups is 1. The van der Waals surface area contributed by atoms with Gasteiger partial charge < -0.3 is 19.9 Å². The van der Waals surface area contributed by atoms with E-state index in [1.807, 2.05) is 5.32 Å². The molecule has 106 valence electrons. The van der Waals surface area contributed by atoms with E-state index in [2.05, 4.69) is 0 Å². The number of hydrogen-bond donors (Lipinski definition) is 2. The van der Waals surface area contributed by atoms with Crippen molar-refractivity contribution in [3.63, 3.8) is 0 Å². The van der Waals surface area contributed by atoms with Gasteiger partial charge in [0.2, 0.25) is 0 Å². The molecule has 0 saturated carbocycles. The molecule has 0 bridgehead atoms. The number of ether oxygens (including phenoxy) is 2. The van der Waals surface area contributed by atoms with Gasteiger partial charge in [0, 0.05) is 11.6 Å². The highest BCUT2D eigenvalue weighted by atomic mass is 19.3.